The van der Waals surface area contributed by atoms with Crippen LogP contribution < -0.4 is 0 Å². The van der Waals surface area contributed by atoms with Crippen LogP contribution >= 0.6 is 0 Å². The maximum absolute atomic E-state index is 13.1. The van der Waals surface area contributed by atoms with Gasteiger partial charge in [-0.25, -0.2) is 0 Å². The number of carbonyl (C=O) groups is 3. The van der Waals surface area contributed by atoms with Gasteiger partial charge in [-0.1, -0.05) is 20.8 Å². The van der Waals surface area contributed by atoms with Gasteiger partial charge in [-0.15, -0.1) is 0 Å². The summed E-state index contributed by atoms with van der Waals surface area (Å²) in [7, 11) is 1.35. The molecule has 5 heterocycles. The van der Waals surface area contributed by atoms with Crippen molar-refractivity contribution < 1.29 is 47.6 Å². The topological polar surface area (TPSA) is 134 Å². The molecule has 3 aliphatic carbocycles. The van der Waals surface area contributed by atoms with Crippen LogP contribution in [0.3, 0.4) is 0 Å². The van der Waals surface area contributed by atoms with Crippen LogP contribution in [0.25, 0.3) is 0 Å². The zero-order chi connectivity index (χ0) is 27.8. The van der Waals surface area contributed by atoms with Gasteiger partial charge in [0, 0.05) is 47.0 Å². The molecule has 0 amide bonds. The highest BCUT2D eigenvalue weighted by Gasteiger charge is 2.91. The molecular weight excluding hydrogens is 508 g/mol. The van der Waals surface area contributed by atoms with Crippen molar-refractivity contribution in [2.24, 2.45) is 39.9 Å². The highest BCUT2D eigenvalue weighted by atomic mass is 16.7. The number of aliphatic hydroxyl groups is 1. The smallest absolute Gasteiger partial charge is 0.306 e. The Bertz CT molecular complexity index is 1240. The van der Waals surface area contributed by atoms with E-state index in [0.29, 0.717) is 12.8 Å². The van der Waals surface area contributed by atoms with Crippen LogP contribution in [-0.4, -0.2) is 60.3 Å². The largest absolute Gasteiger partial charge is 0.472 e. The molecule has 4 aliphatic heterocycles. The maximum atomic E-state index is 13.1. The van der Waals surface area contributed by atoms with Crippen LogP contribution in [0.5, 0.6) is 0 Å². The lowest BCUT2D eigenvalue weighted by atomic mass is 9.34. The molecule has 3 saturated carbocycles. The molecule has 0 radical (unpaired) electrons. The molecular formula is C29H36O10. The molecule has 7 aliphatic rings. The zero-order valence-corrected chi connectivity index (χ0v) is 22.9. The molecule has 10 nitrogen and oxygen atoms in total. The van der Waals surface area contributed by atoms with Gasteiger partial charge in [-0.05, 0) is 24.8 Å². The predicted octanol–water partition coefficient (Wildman–Crippen LogP) is 2.92. The van der Waals surface area contributed by atoms with E-state index in [9.17, 15) is 19.5 Å². The highest BCUT2D eigenvalue weighted by molar-refractivity contribution is 5.72. The summed E-state index contributed by atoms with van der Waals surface area (Å²) in [5.74, 6) is -4.39. The number of fused-ring (bicyclic) bond motifs is 2. The fraction of sp³-hybridized carbons (Fsp3) is 0.759. The molecule has 1 N–H and O–H groups in total. The van der Waals surface area contributed by atoms with E-state index in [-0.39, 0.29) is 37.3 Å². The second-order valence-corrected chi connectivity index (χ2v) is 13.3. The van der Waals surface area contributed by atoms with Crippen LogP contribution in [-0.2, 0) is 38.1 Å². The van der Waals surface area contributed by atoms with Gasteiger partial charge in [-0.2, -0.15) is 0 Å². The van der Waals surface area contributed by atoms with E-state index >= 15 is 0 Å². The first-order chi connectivity index (χ1) is 18.4. The molecule has 1 aromatic heterocycles. The summed E-state index contributed by atoms with van der Waals surface area (Å²) < 4.78 is 35.5. The third-order valence-electron chi connectivity index (χ3n) is 11.9. The Hall–Kier alpha value is -2.43. The third kappa shape index (κ3) is 2.80. The third-order valence-corrected chi connectivity index (χ3v) is 11.9. The molecule has 4 bridgehead atoms. The van der Waals surface area contributed by atoms with Gasteiger partial charge in [0.2, 0.25) is 0 Å². The van der Waals surface area contributed by atoms with E-state index in [1.54, 1.807) is 12.5 Å². The summed E-state index contributed by atoms with van der Waals surface area (Å²) in [4.78, 5) is 38.4. The van der Waals surface area contributed by atoms with Gasteiger partial charge in [0.1, 0.15) is 17.8 Å². The normalized spacial score (nSPS) is 52.6. The van der Waals surface area contributed by atoms with Crippen molar-refractivity contribution in [1.82, 2.24) is 0 Å². The van der Waals surface area contributed by atoms with Crippen LogP contribution in [0.15, 0.2) is 23.0 Å². The first-order valence-electron chi connectivity index (χ1n) is 13.9. The van der Waals surface area contributed by atoms with Crippen molar-refractivity contribution in [1.29, 1.82) is 0 Å². The SMILES string of the molecule is COC(=O)C[C@H]1[C@]2(C)CO[C@]3(O)[C@H]([C@H]2OC(C)=O)[C@H]2O[C@]24[C@@H]2CC(=O)O[C@@H](c5ccoc5)[C@]2(C)CC[C@@H]4[C@]13C. The van der Waals surface area contributed by atoms with Crippen molar-refractivity contribution in [2.75, 3.05) is 13.7 Å². The first-order valence-corrected chi connectivity index (χ1v) is 13.9. The standard InChI is InChI=1S/C29H36O10/c1-14(30)37-23-21-24-28(39-24)16(27(4)17(10-19(31)34-5)26(23,3)13-36-29(21,27)33)6-8-25(2)18(28)11-20(32)38-22(25)15-7-9-35-12-15/h7,9,12,16-18,21-24,33H,6,8,10-11,13H2,1-5H3/t16-,17+,18-,21-,22+,23-,24-,25-,26+,27-,28-,29-/m1/s1. The van der Waals surface area contributed by atoms with E-state index in [1.165, 1.54) is 14.0 Å². The molecule has 0 aromatic carbocycles. The Labute approximate surface area is 226 Å². The minimum Gasteiger partial charge on any atom is -0.472 e. The van der Waals surface area contributed by atoms with Gasteiger partial charge in [-0.3, -0.25) is 14.4 Å². The Morgan fingerprint density at radius 2 is 1.95 bits per heavy atom. The number of ether oxygens (including phenoxy) is 5. The first kappa shape index (κ1) is 25.5. The van der Waals surface area contributed by atoms with E-state index in [4.69, 9.17) is 28.1 Å². The molecule has 1 aromatic rings. The highest BCUT2D eigenvalue weighted by Crippen LogP contribution is 2.82. The van der Waals surface area contributed by atoms with Gasteiger partial charge >= 0.3 is 17.9 Å². The second-order valence-electron chi connectivity index (χ2n) is 13.3. The Morgan fingerprint density at radius 3 is 2.62 bits per heavy atom. The van der Waals surface area contributed by atoms with Gasteiger partial charge in [0.25, 0.3) is 0 Å². The van der Waals surface area contributed by atoms with E-state index in [0.717, 1.165) is 5.56 Å². The number of rotatable bonds is 4. The Kier molecular flexibility index (Phi) is 5.00. The molecule has 4 saturated heterocycles. The molecule has 39 heavy (non-hydrogen) atoms. The summed E-state index contributed by atoms with van der Waals surface area (Å²) in [5, 5.41) is 12.5. The van der Waals surface area contributed by atoms with Crippen LogP contribution in [0.2, 0.25) is 0 Å². The molecule has 12 atom stereocenters. The minimum atomic E-state index is -1.69. The number of hydrogen-bond acceptors (Lipinski definition) is 10. The lowest BCUT2D eigenvalue weighted by Gasteiger charge is -2.74. The molecule has 212 valence electrons. The number of hydrogen-bond donors (Lipinski definition) is 1. The number of furan rings is 1. The monoisotopic (exact) mass is 544 g/mol. The number of epoxide rings is 1. The van der Waals surface area contributed by atoms with E-state index in [2.05, 4.69) is 6.92 Å². The molecule has 8 rings (SSSR count). The number of methoxy groups -OCH3 is 1. The lowest BCUT2D eigenvalue weighted by Crippen LogP contribution is -2.83. The van der Waals surface area contributed by atoms with Crippen molar-refractivity contribution >= 4 is 17.9 Å². The van der Waals surface area contributed by atoms with Crippen molar-refractivity contribution in [3.8, 4) is 0 Å². The van der Waals surface area contributed by atoms with Crippen LogP contribution in [0, 0.1) is 39.9 Å². The summed E-state index contributed by atoms with van der Waals surface area (Å²) >= 11 is 0. The van der Waals surface area contributed by atoms with Crippen molar-refractivity contribution in [3.63, 3.8) is 0 Å². The average molecular weight is 545 g/mol. The van der Waals surface area contributed by atoms with Gasteiger partial charge in [0.05, 0.1) is 44.7 Å². The number of esters is 3. The average Bonchev–Trinajstić information content (AvgIpc) is 3.33. The lowest BCUT2D eigenvalue weighted by molar-refractivity contribution is -0.446. The fourth-order valence-electron chi connectivity index (χ4n) is 10.3. The van der Waals surface area contributed by atoms with E-state index in [1.807, 2.05) is 19.9 Å². The van der Waals surface area contributed by atoms with Crippen LogP contribution in [0.4, 0.5) is 0 Å². The summed E-state index contributed by atoms with van der Waals surface area (Å²) in [5.41, 5.74) is -2.11. The summed E-state index contributed by atoms with van der Waals surface area (Å²) in [6, 6.07) is 1.83. The minimum absolute atomic E-state index is 0.0402. The molecule has 7 fully saturated rings. The summed E-state index contributed by atoms with van der Waals surface area (Å²) in [6.07, 6.45) is 3.09. The van der Waals surface area contributed by atoms with Crippen LogP contribution in [0.1, 0.15) is 65.0 Å². The van der Waals surface area contributed by atoms with Gasteiger partial charge < -0.3 is 33.2 Å². The number of cyclic esters (lactones) is 1. The second kappa shape index (κ2) is 7.64. The molecule has 1 spiro atoms. The molecule has 10 heteroatoms. The van der Waals surface area contributed by atoms with E-state index < -0.39 is 69.7 Å². The summed E-state index contributed by atoms with van der Waals surface area (Å²) in [6.45, 7) is 7.61. The Balaban J connectivity index is 1.40. The number of carbonyl (C=O) groups excluding carboxylic acids is 3. The predicted molar refractivity (Wildman–Crippen MR) is 130 cm³/mol. The Morgan fingerprint density at radius 1 is 1.18 bits per heavy atom. The van der Waals surface area contributed by atoms with Gasteiger partial charge in [0.15, 0.2) is 5.79 Å². The maximum Gasteiger partial charge on any atom is 0.306 e. The van der Waals surface area contributed by atoms with Crippen molar-refractivity contribution in [2.45, 2.75) is 83.1 Å². The molecule has 0 unspecified atom stereocenters. The van der Waals surface area contributed by atoms with Crippen molar-refractivity contribution in [3.05, 3.63) is 24.2 Å². The zero-order valence-electron chi connectivity index (χ0n) is 22.9. The fourth-order valence-corrected chi connectivity index (χ4v) is 10.3. The quantitative estimate of drug-likeness (QED) is 0.343.